The lowest BCUT2D eigenvalue weighted by Gasteiger charge is -2.18. The third kappa shape index (κ3) is 0.949. The molecule has 2 rings (SSSR count). The monoisotopic (exact) mass is 170 g/mol. The van der Waals surface area contributed by atoms with E-state index in [-0.39, 0.29) is 5.91 Å². The van der Waals surface area contributed by atoms with Crippen LogP contribution in [0.1, 0.15) is 6.42 Å². The van der Waals surface area contributed by atoms with Crippen molar-refractivity contribution < 1.29 is 9.53 Å². The minimum absolute atomic E-state index is 0.145. The Hall–Kier alpha value is -0.610. The molecule has 0 aliphatic carbocycles. The third-order valence-electron chi connectivity index (χ3n) is 2.69. The van der Waals surface area contributed by atoms with E-state index in [4.69, 9.17) is 4.74 Å². The fourth-order valence-corrected chi connectivity index (χ4v) is 1.95. The average Bonchev–Trinajstić information content (AvgIpc) is 2.53. The van der Waals surface area contributed by atoms with E-state index in [1.54, 1.807) is 11.9 Å². The molecule has 0 radical (unpaired) electrons. The van der Waals surface area contributed by atoms with E-state index in [0.717, 1.165) is 19.5 Å². The van der Waals surface area contributed by atoms with E-state index < -0.39 is 5.60 Å². The first-order valence-electron chi connectivity index (χ1n) is 4.22. The van der Waals surface area contributed by atoms with Gasteiger partial charge in [-0.1, -0.05) is 0 Å². The Morgan fingerprint density at radius 2 is 2.25 bits per heavy atom. The van der Waals surface area contributed by atoms with Gasteiger partial charge >= 0.3 is 0 Å². The number of likely N-dealkylation sites (N-methyl/N-ethyl adjacent to an activating group) is 2. The summed E-state index contributed by atoms with van der Waals surface area (Å²) in [7, 11) is 3.80. The van der Waals surface area contributed by atoms with Crippen molar-refractivity contribution in [1.29, 1.82) is 0 Å². The molecule has 2 aliphatic rings. The second-order valence-electron chi connectivity index (χ2n) is 3.76. The largest absolute Gasteiger partial charge is 0.343 e. The summed E-state index contributed by atoms with van der Waals surface area (Å²) in [6.07, 6.45) is 0.840. The van der Waals surface area contributed by atoms with Gasteiger partial charge in [0.05, 0.1) is 0 Å². The van der Waals surface area contributed by atoms with Crippen molar-refractivity contribution in [3.63, 3.8) is 0 Å². The highest BCUT2D eigenvalue weighted by Gasteiger charge is 2.50. The molecule has 2 heterocycles. The summed E-state index contributed by atoms with van der Waals surface area (Å²) in [5, 5.41) is 0. The topological polar surface area (TPSA) is 32.8 Å². The second kappa shape index (κ2) is 2.44. The van der Waals surface area contributed by atoms with Crippen molar-refractivity contribution in [2.24, 2.45) is 0 Å². The molecule has 12 heavy (non-hydrogen) atoms. The zero-order valence-electron chi connectivity index (χ0n) is 7.54. The van der Waals surface area contributed by atoms with Crippen LogP contribution in [0.3, 0.4) is 0 Å². The molecule has 2 saturated heterocycles. The van der Waals surface area contributed by atoms with Gasteiger partial charge < -0.3 is 14.5 Å². The predicted molar refractivity (Wildman–Crippen MR) is 43.6 cm³/mol. The molecule has 4 heteroatoms. The molecule has 0 aromatic rings. The van der Waals surface area contributed by atoms with Crippen LogP contribution in [0.5, 0.6) is 0 Å². The summed E-state index contributed by atoms with van der Waals surface area (Å²) in [4.78, 5) is 15.4. The standard InChI is InChI=1S/C8H14N2O2/c1-9-4-3-8(5-9)7(11)10(2)6-12-8/h3-6H2,1-2H3. The number of carbonyl (C=O) groups excluding carboxylic acids is 1. The Labute approximate surface area is 72.1 Å². The Bertz CT molecular complexity index is 215. The molecule has 1 spiro atoms. The van der Waals surface area contributed by atoms with Gasteiger partial charge in [0, 0.05) is 20.1 Å². The van der Waals surface area contributed by atoms with Gasteiger partial charge in [-0.15, -0.1) is 0 Å². The third-order valence-corrected chi connectivity index (χ3v) is 2.69. The lowest BCUT2D eigenvalue weighted by Crippen LogP contribution is -2.41. The van der Waals surface area contributed by atoms with Gasteiger partial charge in [0.2, 0.25) is 0 Å². The van der Waals surface area contributed by atoms with Gasteiger partial charge in [-0.3, -0.25) is 4.79 Å². The minimum Gasteiger partial charge on any atom is -0.343 e. The van der Waals surface area contributed by atoms with Crippen LogP contribution >= 0.6 is 0 Å². The molecule has 1 amide bonds. The molecule has 1 unspecified atom stereocenters. The van der Waals surface area contributed by atoms with Gasteiger partial charge in [-0.25, -0.2) is 0 Å². The highest BCUT2D eigenvalue weighted by Crippen LogP contribution is 2.30. The lowest BCUT2D eigenvalue weighted by molar-refractivity contribution is -0.135. The van der Waals surface area contributed by atoms with Crippen LogP contribution in [-0.2, 0) is 9.53 Å². The molecule has 2 aliphatic heterocycles. The number of hydrogen-bond acceptors (Lipinski definition) is 3. The molecule has 0 aromatic carbocycles. The summed E-state index contributed by atoms with van der Waals surface area (Å²) < 4.78 is 5.53. The summed E-state index contributed by atoms with van der Waals surface area (Å²) in [6, 6.07) is 0. The van der Waals surface area contributed by atoms with Gasteiger partial charge in [-0.2, -0.15) is 0 Å². The zero-order valence-corrected chi connectivity index (χ0v) is 7.54. The molecule has 0 N–H and O–H groups in total. The average molecular weight is 170 g/mol. The fourth-order valence-electron chi connectivity index (χ4n) is 1.95. The number of amides is 1. The van der Waals surface area contributed by atoms with E-state index in [0.29, 0.717) is 6.73 Å². The van der Waals surface area contributed by atoms with Crippen LogP contribution < -0.4 is 0 Å². The first-order valence-corrected chi connectivity index (χ1v) is 4.22. The van der Waals surface area contributed by atoms with Crippen molar-refractivity contribution in [1.82, 2.24) is 9.80 Å². The Kier molecular flexibility index (Phi) is 1.63. The van der Waals surface area contributed by atoms with Crippen LogP contribution in [0, 0.1) is 0 Å². The smallest absolute Gasteiger partial charge is 0.257 e. The van der Waals surface area contributed by atoms with Gasteiger partial charge in [-0.05, 0) is 13.5 Å². The lowest BCUT2D eigenvalue weighted by atomic mass is 10.0. The number of carbonyl (C=O) groups is 1. The molecular formula is C8H14N2O2. The Morgan fingerprint density at radius 3 is 2.67 bits per heavy atom. The highest BCUT2D eigenvalue weighted by atomic mass is 16.5. The van der Waals surface area contributed by atoms with E-state index in [1.165, 1.54) is 0 Å². The molecule has 4 nitrogen and oxygen atoms in total. The van der Waals surface area contributed by atoms with Crippen LogP contribution in [0.2, 0.25) is 0 Å². The zero-order chi connectivity index (χ0) is 8.77. The van der Waals surface area contributed by atoms with Crippen LogP contribution in [0.25, 0.3) is 0 Å². The number of ether oxygens (including phenoxy) is 1. The van der Waals surface area contributed by atoms with Crippen LogP contribution in [-0.4, -0.2) is 55.2 Å². The molecule has 0 bridgehead atoms. The number of likely N-dealkylation sites (tertiary alicyclic amines) is 1. The van der Waals surface area contributed by atoms with Gasteiger partial charge in [0.1, 0.15) is 6.73 Å². The van der Waals surface area contributed by atoms with E-state index in [2.05, 4.69) is 4.90 Å². The number of nitrogens with zero attached hydrogens (tertiary/aromatic N) is 2. The minimum atomic E-state index is -0.497. The molecule has 1 atom stereocenters. The van der Waals surface area contributed by atoms with E-state index in [9.17, 15) is 4.79 Å². The molecular weight excluding hydrogens is 156 g/mol. The highest BCUT2D eigenvalue weighted by molar-refractivity contribution is 5.87. The van der Waals surface area contributed by atoms with Crippen molar-refractivity contribution in [2.45, 2.75) is 12.0 Å². The summed E-state index contributed by atoms with van der Waals surface area (Å²) in [6.45, 7) is 2.16. The fraction of sp³-hybridized carbons (Fsp3) is 0.875. The van der Waals surface area contributed by atoms with Crippen molar-refractivity contribution in [2.75, 3.05) is 33.9 Å². The van der Waals surface area contributed by atoms with E-state index >= 15 is 0 Å². The van der Waals surface area contributed by atoms with Crippen molar-refractivity contribution >= 4 is 5.91 Å². The first-order chi connectivity index (χ1) is 5.64. The summed E-state index contributed by atoms with van der Waals surface area (Å²) in [5.41, 5.74) is -0.497. The van der Waals surface area contributed by atoms with Gasteiger partial charge in [0.25, 0.3) is 5.91 Å². The Morgan fingerprint density at radius 1 is 1.50 bits per heavy atom. The Balaban J connectivity index is 2.18. The maximum Gasteiger partial charge on any atom is 0.257 e. The van der Waals surface area contributed by atoms with Crippen molar-refractivity contribution in [3.05, 3.63) is 0 Å². The predicted octanol–water partition coefficient (Wildman–Crippen LogP) is -0.493. The molecule has 0 aromatic heterocycles. The van der Waals surface area contributed by atoms with Gasteiger partial charge in [0.15, 0.2) is 5.60 Å². The quantitative estimate of drug-likeness (QED) is 0.491. The normalized spacial score (nSPS) is 37.2. The maximum absolute atomic E-state index is 11.6. The maximum atomic E-state index is 11.6. The summed E-state index contributed by atoms with van der Waals surface area (Å²) in [5.74, 6) is 0.145. The second-order valence-corrected chi connectivity index (χ2v) is 3.76. The van der Waals surface area contributed by atoms with Crippen LogP contribution in [0.4, 0.5) is 0 Å². The first kappa shape index (κ1) is 8.01. The van der Waals surface area contributed by atoms with Crippen LogP contribution in [0.15, 0.2) is 0 Å². The van der Waals surface area contributed by atoms with Crippen molar-refractivity contribution in [3.8, 4) is 0 Å². The summed E-state index contributed by atoms with van der Waals surface area (Å²) >= 11 is 0. The number of hydrogen-bond donors (Lipinski definition) is 0. The SMILES string of the molecule is CN1CCC2(C1)OCN(C)C2=O. The number of rotatable bonds is 0. The molecule has 68 valence electrons. The molecule has 0 saturated carbocycles. The molecule has 2 fully saturated rings. The van der Waals surface area contributed by atoms with E-state index in [1.807, 2.05) is 7.05 Å².